The Labute approximate surface area is 184 Å². The second-order valence-corrected chi connectivity index (χ2v) is 8.53. The fourth-order valence-corrected chi connectivity index (χ4v) is 4.32. The zero-order chi connectivity index (χ0) is 21.8. The number of carboxylic acid groups (broad SMARTS) is 1. The van der Waals surface area contributed by atoms with E-state index in [1.807, 2.05) is 4.90 Å². The summed E-state index contributed by atoms with van der Waals surface area (Å²) in [6.07, 6.45) is 3.48. The first kappa shape index (κ1) is 21.6. The molecule has 9 nitrogen and oxygen atoms in total. The van der Waals surface area contributed by atoms with Crippen LogP contribution in [-0.2, 0) is 9.53 Å². The number of halogens is 1. The van der Waals surface area contributed by atoms with Crippen LogP contribution in [-0.4, -0.2) is 71.4 Å². The zero-order valence-corrected chi connectivity index (χ0v) is 17.8. The van der Waals surface area contributed by atoms with Crippen LogP contribution >= 0.6 is 11.6 Å². The Balaban J connectivity index is 0.000000730. The predicted molar refractivity (Wildman–Crippen MR) is 112 cm³/mol. The lowest BCUT2D eigenvalue weighted by Crippen LogP contribution is -2.46. The monoisotopic (exact) mass is 448 g/mol. The number of ether oxygens (including phenoxy) is 1. The number of fused-ring (bicyclic) bond motifs is 3. The van der Waals surface area contributed by atoms with Gasteiger partial charge in [0, 0.05) is 42.1 Å². The maximum atomic E-state index is 13.1. The van der Waals surface area contributed by atoms with E-state index in [9.17, 15) is 4.79 Å². The average molecular weight is 449 g/mol. The molecule has 10 heteroatoms. The number of rotatable bonds is 3. The average Bonchev–Trinajstić information content (AvgIpc) is 2.98. The lowest BCUT2D eigenvalue weighted by molar-refractivity contribution is -0.122. The van der Waals surface area contributed by atoms with Crippen LogP contribution in [0.5, 0.6) is 0 Å². The molecule has 2 saturated heterocycles. The summed E-state index contributed by atoms with van der Waals surface area (Å²) in [6, 6.07) is 7.08. The summed E-state index contributed by atoms with van der Waals surface area (Å²) in [5.41, 5.74) is 0.656. The van der Waals surface area contributed by atoms with E-state index in [2.05, 4.69) is 15.0 Å². The van der Waals surface area contributed by atoms with E-state index in [4.69, 9.17) is 30.8 Å². The first-order chi connectivity index (χ1) is 15.1. The van der Waals surface area contributed by atoms with E-state index < -0.39 is 0 Å². The largest absolute Gasteiger partial charge is 0.483 e. The van der Waals surface area contributed by atoms with Gasteiger partial charge >= 0.3 is 0 Å². The smallest absolute Gasteiger partial charge is 0.290 e. The van der Waals surface area contributed by atoms with Crippen molar-refractivity contribution in [2.45, 2.75) is 31.2 Å². The van der Waals surface area contributed by atoms with Crippen molar-refractivity contribution in [1.29, 1.82) is 0 Å². The van der Waals surface area contributed by atoms with Gasteiger partial charge in [-0.1, -0.05) is 18.0 Å². The molecule has 1 aromatic carbocycles. The molecular weight excluding hydrogens is 424 g/mol. The molecule has 2 bridgehead atoms. The van der Waals surface area contributed by atoms with Gasteiger partial charge in [-0.25, -0.2) is 0 Å². The first-order valence-corrected chi connectivity index (χ1v) is 10.8. The molecule has 1 saturated carbocycles. The third-order valence-electron chi connectivity index (χ3n) is 5.99. The van der Waals surface area contributed by atoms with E-state index in [1.54, 1.807) is 24.3 Å². The van der Waals surface area contributed by atoms with Crippen LogP contribution in [0.4, 0.5) is 5.95 Å². The van der Waals surface area contributed by atoms with Crippen molar-refractivity contribution in [3.8, 4) is 0 Å². The van der Waals surface area contributed by atoms with Crippen LogP contribution < -0.4 is 4.90 Å². The Hall–Kier alpha value is -2.65. The molecular formula is C21H25ClN4O5. The molecule has 2 aromatic rings. The van der Waals surface area contributed by atoms with Crippen molar-refractivity contribution in [1.82, 2.24) is 15.0 Å². The van der Waals surface area contributed by atoms with E-state index in [1.165, 1.54) is 6.42 Å². The Kier molecular flexibility index (Phi) is 6.72. The van der Waals surface area contributed by atoms with Crippen molar-refractivity contribution in [2.75, 3.05) is 37.7 Å². The lowest BCUT2D eigenvalue weighted by atomic mass is 9.85. The summed E-state index contributed by atoms with van der Waals surface area (Å²) in [5, 5.41) is 11.8. The van der Waals surface area contributed by atoms with Gasteiger partial charge < -0.3 is 24.2 Å². The number of hydrogen-bond donors (Lipinski definition) is 1. The van der Waals surface area contributed by atoms with Crippen molar-refractivity contribution >= 4 is 29.9 Å². The third-order valence-corrected chi connectivity index (χ3v) is 6.24. The van der Waals surface area contributed by atoms with Crippen LogP contribution in [0.3, 0.4) is 0 Å². The van der Waals surface area contributed by atoms with Crippen molar-refractivity contribution in [3.05, 3.63) is 40.7 Å². The van der Waals surface area contributed by atoms with Gasteiger partial charge in [0.15, 0.2) is 0 Å². The van der Waals surface area contributed by atoms with E-state index in [-0.39, 0.29) is 24.3 Å². The van der Waals surface area contributed by atoms with Crippen LogP contribution in [0, 0.1) is 5.92 Å². The molecule has 1 N–H and O–H groups in total. The van der Waals surface area contributed by atoms with Crippen LogP contribution in [0.1, 0.15) is 41.4 Å². The first-order valence-electron chi connectivity index (χ1n) is 10.4. The number of carbonyl (C=O) groups excluding carboxylic acids is 1. The second kappa shape index (κ2) is 9.65. The maximum Gasteiger partial charge on any atom is 0.290 e. The number of hydrogen-bond acceptors (Lipinski definition) is 7. The van der Waals surface area contributed by atoms with E-state index in [0.717, 1.165) is 25.3 Å². The topological polar surface area (TPSA) is 109 Å². The quantitative estimate of drug-likeness (QED) is 0.714. The standard InChI is InChI=1S/C20H23ClN4O3.CH2O2/c21-16-6-4-15(5-7-16)19(26)24-8-13-9-25(17(10-24)12-27-11-13)20-22-18(28-23-20)14-2-1-3-14;2-1-3/h4-7,13-14,17H,1-3,8-12H2;1H,(H,2,3)/t13-,17-;/m0./s1. The molecule has 3 heterocycles. The second-order valence-electron chi connectivity index (χ2n) is 8.09. The van der Waals surface area contributed by atoms with Gasteiger partial charge in [0.2, 0.25) is 5.89 Å². The molecule has 166 valence electrons. The number of amides is 1. The van der Waals surface area contributed by atoms with Gasteiger partial charge in [0.25, 0.3) is 18.3 Å². The molecule has 31 heavy (non-hydrogen) atoms. The molecule has 5 rings (SSSR count). The Morgan fingerprint density at radius 1 is 1.16 bits per heavy atom. The van der Waals surface area contributed by atoms with Crippen LogP contribution in [0.15, 0.2) is 28.8 Å². The van der Waals surface area contributed by atoms with Crippen molar-refractivity contribution in [3.63, 3.8) is 0 Å². The highest BCUT2D eigenvalue weighted by molar-refractivity contribution is 6.30. The molecule has 1 aliphatic carbocycles. The molecule has 2 aliphatic heterocycles. The summed E-state index contributed by atoms with van der Waals surface area (Å²) < 4.78 is 11.4. The summed E-state index contributed by atoms with van der Waals surface area (Å²) in [6.45, 7) is 2.92. The highest BCUT2D eigenvalue weighted by atomic mass is 35.5. The predicted octanol–water partition coefficient (Wildman–Crippen LogP) is 2.67. The fourth-order valence-electron chi connectivity index (χ4n) is 4.19. The normalized spacial score (nSPS) is 23.3. The maximum absolute atomic E-state index is 13.1. The number of benzene rings is 1. The SMILES string of the molecule is O=C(c1ccc(Cl)cc1)N1C[C@@H]2COC[C@H](C1)N(c1noc(C3CCC3)n1)C2.O=CO. The van der Waals surface area contributed by atoms with E-state index >= 15 is 0 Å². The highest BCUT2D eigenvalue weighted by Gasteiger charge is 2.38. The van der Waals surface area contributed by atoms with Crippen molar-refractivity contribution < 1.29 is 24.0 Å². The molecule has 3 aliphatic rings. The minimum atomic E-state index is -0.250. The summed E-state index contributed by atoms with van der Waals surface area (Å²) in [5.74, 6) is 2.01. The van der Waals surface area contributed by atoms with Crippen molar-refractivity contribution in [2.24, 2.45) is 5.92 Å². The Bertz CT molecular complexity index is 901. The fraction of sp³-hybridized carbons (Fsp3) is 0.524. The summed E-state index contributed by atoms with van der Waals surface area (Å²) in [4.78, 5) is 30.2. The summed E-state index contributed by atoms with van der Waals surface area (Å²) in [7, 11) is 0. The number of anilines is 1. The Morgan fingerprint density at radius 3 is 2.58 bits per heavy atom. The van der Waals surface area contributed by atoms with Gasteiger partial charge in [-0.2, -0.15) is 4.98 Å². The molecule has 1 aromatic heterocycles. The molecule has 0 spiro atoms. The number of aromatic nitrogens is 2. The van der Waals surface area contributed by atoms with Gasteiger partial charge in [0.05, 0.1) is 19.3 Å². The summed E-state index contributed by atoms with van der Waals surface area (Å²) >= 11 is 5.96. The minimum Gasteiger partial charge on any atom is -0.483 e. The molecule has 3 fully saturated rings. The van der Waals surface area contributed by atoms with Gasteiger partial charge in [0.1, 0.15) is 0 Å². The Morgan fingerprint density at radius 2 is 1.90 bits per heavy atom. The molecule has 0 radical (unpaired) electrons. The molecule has 0 unspecified atom stereocenters. The zero-order valence-electron chi connectivity index (χ0n) is 17.0. The minimum absolute atomic E-state index is 0.00981. The lowest BCUT2D eigenvalue weighted by Gasteiger charge is -2.30. The molecule has 2 atom stereocenters. The van der Waals surface area contributed by atoms with Gasteiger partial charge in [-0.15, -0.1) is 0 Å². The van der Waals surface area contributed by atoms with Crippen LogP contribution in [0.2, 0.25) is 5.02 Å². The van der Waals surface area contributed by atoms with Gasteiger partial charge in [-0.05, 0) is 42.3 Å². The highest BCUT2D eigenvalue weighted by Crippen LogP contribution is 2.36. The molecule has 1 amide bonds. The van der Waals surface area contributed by atoms with Crippen LogP contribution in [0.25, 0.3) is 0 Å². The van der Waals surface area contributed by atoms with Gasteiger partial charge in [-0.3, -0.25) is 9.59 Å². The van der Waals surface area contributed by atoms with E-state index in [0.29, 0.717) is 48.8 Å². The number of nitrogens with zero attached hydrogens (tertiary/aromatic N) is 4. The number of carbonyl (C=O) groups is 2. The third kappa shape index (κ3) is 4.83.